The summed E-state index contributed by atoms with van der Waals surface area (Å²) in [4.78, 5) is 22.1. The van der Waals surface area contributed by atoms with Gasteiger partial charge in [0.15, 0.2) is 12.4 Å². The van der Waals surface area contributed by atoms with E-state index in [2.05, 4.69) is 33.8 Å². The Kier molecular flexibility index (Phi) is 7.27. The van der Waals surface area contributed by atoms with Crippen LogP contribution in [-0.4, -0.2) is 38.2 Å². The van der Waals surface area contributed by atoms with Crippen LogP contribution in [0.4, 0.5) is 11.5 Å². The summed E-state index contributed by atoms with van der Waals surface area (Å²) in [5.74, 6) is 1.69. The summed E-state index contributed by atoms with van der Waals surface area (Å²) in [7, 11) is 0. The molecule has 0 saturated heterocycles. The number of carbonyl (C=O) groups excluding carboxylic acids is 1. The van der Waals surface area contributed by atoms with Crippen molar-refractivity contribution in [1.29, 1.82) is 0 Å². The molecule has 0 atom stereocenters. The topological polar surface area (TPSA) is 105 Å². The number of nitrogens with zero attached hydrogens (tertiary/aromatic N) is 3. The first-order chi connectivity index (χ1) is 18.8. The second kappa shape index (κ2) is 10.9. The zero-order chi connectivity index (χ0) is 27.4. The first kappa shape index (κ1) is 25.9. The summed E-state index contributed by atoms with van der Waals surface area (Å²) in [6.45, 7) is 8.00. The molecule has 1 amide bonds. The number of carbonyl (C=O) groups is 1. The van der Waals surface area contributed by atoms with Crippen molar-refractivity contribution in [3.63, 3.8) is 0 Å². The number of H-pyrrole nitrogens is 1. The molecule has 0 radical (unpaired) electrons. The number of fused-ring (bicyclic) bond motifs is 1. The summed E-state index contributed by atoms with van der Waals surface area (Å²) in [6.07, 6.45) is 4.50. The minimum atomic E-state index is -0.275. The zero-order valence-corrected chi connectivity index (χ0v) is 22.6. The highest BCUT2D eigenvalue weighted by Crippen LogP contribution is 2.30. The molecule has 0 unspecified atom stereocenters. The Balaban J connectivity index is 1.41. The number of nitrogens with one attached hydrogen (secondary N) is 3. The van der Waals surface area contributed by atoms with Gasteiger partial charge in [0.1, 0.15) is 11.6 Å². The molecule has 5 rings (SSSR count). The number of aromatic amines is 1. The lowest BCUT2D eigenvalue weighted by atomic mass is 10.0. The fraction of sp³-hybridized carbons (Fsp3) is 0.226. The van der Waals surface area contributed by atoms with E-state index in [4.69, 9.17) is 14.7 Å². The second-order valence-electron chi connectivity index (χ2n) is 10.2. The lowest BCUT2D eigenvalue weighted by molar-refractivity contribution is -0.124. The van der Waals surface area contributed by atoms with Gasteiger partial charge in [-0.25, -0.2) is 9.97 Å². The second-order valence-corrected chi connectivity index (χ2v) is 10.2. The molecule has 3 aromatic carbocycles. The van der Waals surface area contributed by atoms with Gasteiger partial charge in [0, 0.05) is 33.9 Å². The molecular weight excluding hydrogens is 488 g/mol. The largest absolute Gasteiger partial charge is 0.484 e. The molecule has 8 nitrogen and oxygen atoms in total. The molecule has 0 aliphatic rings. The van der Waals surface area contributed by atoms with Crippen molar-refractivity contribution in [3.8, 4) is 28.3 Å². The molecule has 2 aromatic heterocycles. The Morgan fingerprint density at radius 2 is 1.79 bits per heavy atom. The maximum Gasteiger partial charge on any atom is 0.258 e. The predicted molar refractivity (Wildman–Crippen MR) is 155 cm³/mol. The Hall–Kier alpha value is -4.72. The third kappa shape index (κ3) is 6.23. The van der Waals surface area contributed by atoms with E-state index in [1.807, 2.05) is 87.6 Å². The van der Waals surface area contributed by atoms with Gasteiger partial charge in [0.05, 0.1) is 11.7 Å². The van der Waals surface area contributed by atoms with E-state index in [1.165, 1.54) is 0 Å². The molecular formula is C31H32N6O2. The van der Waals surface area contributed by atoms with Crippen molar-refractivity contribution in [2.24, 2.45) is 0 Å². The van der Waals surface area contributed by atoms with Crippen molar-refractivity contribution in [3.05, 3.63) is 84.7 Å². The van der Waals surface area contributed by atoms with Gasteiger partial charge in [-0.3, -0.25) is 9.89 Å². The molecule has 39 heavy (non-hydrogen) atoms. The molecule has 0 fully saturated rings. The van der Waals surface area contributed by atoms with Gasteiger partial charge in [-0.15, -0.1) is 0 Å². The van der Waals surface area contributed by atoms with E-state index >= 15 is 0 Å². The highest BCUT2D eigenvalue weighted by Gasteiger charge is 2.18. The Morgan fingerprint density at radius 3 is 2.54 bits per heavy atom. The van der Waals surface area contributed by atoms with E-state index < -0.39 is 0 Å². The van der Waals surface area contributed by atoms with Crippen molar-refractivity contribution in [1.82, 2.24) is 25.5 Å². The van der Waals surface area contributed by atoms with Gasteiger partial charge in [-0.1, -0.05) is 42.8 Å². The summed E-state index contributed by atoms with van der Waals surface area (Å²) >= 11 is 0. The lowest BCUT2D eigenvalue weighted by Crippen LogP contribution is -2.44. The van der Waals surface area contributed by atoms with E-state index in [0.717, 1.165) is 45.3 Å². The normalized spacial score (nSPS) is 11.4. The smallest absolute Gasteiger partial charge is 0.258 e. The quantitative estimate of drug-likeness (QED) is 0.207. The maximum absolute atomic E-state index is 12.4. The lowest BCUT2D eigenvalue weighted by Gasteiger charge is -2.24. The number of hydrogen-bond acceptors (Lipinski definition) is 6. The van der Waals surface area contributed by atoms with Gasteiger partial charge in [0.2, 0.25) is 0 Å². The number of amides is 1. The highest BCUT2D eigenvalue weighted by molar-refractivity contribution is 5.93. The zero-order valence-electron chi connectivity index (χ0n) is 22.6. The number of aryl methyl sites for hydroxylation is 1. The van der Waals surface area contributed by atoms with Gasteiger partial charge < -0.3 is 15.4 Å². The van der Waals surface area contributed by atoms with Crippen molar-refractivity contribution < 1.29 is 9.53 Å². The van der Waals surface area contributed by atoms with E-state index in [0.29, 0.717) is 17.4 Å². The summed E-state index contributed by atoms with van der Waals surface area (Å²) < 4.78 is 5.80. The molecule has 198 valence electrons. The number of rotatable bonds is 9. The molecule has 2 heterocycles. The van der Waals surface area contributed by atoms with Crippen molar-refractivity contribution in [2.75, 3.05) is 11.9 Å². The van der Waals surface area contributed by atoms with Crippen LogP contribution in [0.15, 0.2) is 79.1 Å². The molecule has 0 aliphatic heterocycles. The minimum absolute atomic E-state index is 0.0631. The van der Waals surface area contributed by atoms with Crippen LogP contribution < -0.4 is 15.4 Å². The highest BCUT2D eigenvalue weighted by atomic mass is 16.5. The van der Waals surface area contributed by atoms with Crippen molar-refractivity contribution in [2.45, 2.75) is 39.7 Å². The van der Waals surface area contributed by atoms with Crippen LogP contribution in [0.5, 0.6) is 5.75 Å². The molecule has 0 bridgehead atoms. The summed E-state index contributed by atoms with van der Waals surface area (Å²) in [5.41, 5.74) is 5.48. The van der Waals surface area contributed by atoms with Crippen LogP contribution in [0.2, 0.25) is 0 Å². The molecule has 3 N–H and O–H groups in total. The number of hydrogen-bond donors (Lipinski definition) is 3. The SMILES string of the molecule is CCC(C)(C)NC(=O)COc1cccc(-c2nc(Nc3ccc(-c4cn[nH]c4)cc3)c3cc(C)ccc3n2)c1. The van der Waals surface area contributed by atoms with Crippen LogP contribution in [0.1, 0.15) is 32.8 Å². The molecule has 0 saturated carbocycles. The average Bonchev–Trinajstić information content (AvgIpc) is 3.48. The fourth-order valence-electron chi connectivity index (χ4n) is 4.13. The van der Waals surface area contributed by atoms with Gasteiger partial charge in [-0.05, 0) is 69.2 Å². The van der Waals surface area contributed by atoms with E-state index in [-0.39, 0.29) is 18.1 Å². The van der Waals surface area contributed by atoms with Crippen LogP contribution in [0.3, 0.4) is 0 Å². The molecule has 5 aromatic rings. The van der Waals surface area contributed by atoms with Crippen LogP contribution >= 0.6 is 0 Å². The van der Waals surface area contributed by atoms with E-state index in [9.17, 15) is 4.79 Å². The number of anilines is 2. The fourth-order valence-corrected chi connectivity index (χ4v) is 4.13. The average molecular weight is 521 g/mol. The Labute approximate surface area is 227 Å². The molecule has 0 spiro atoms. The molecule has 0 aliphatic carbocycles. The van der Waals surface area contributed by atoms with Crippen LogP contribution in [0.25, 0.3) is 33.4 Å². The maximum atomic E-state index is 12.4. The van der Waals surface area contributed by atoms with Crippen molar-refractivity contribution >= 4 is 28.3 Å². The number of aromatic nitrogens is 4. The molecule has 8 heteroatoms. The number of ether oxygens (including phenoxy) is 1. The van der Waals surface area contributed by atoms with Gasteiger partial charge in [-0.2, -0.15) is 5.10 Å². The summed E-state index contributed by atoms with van der Waals surface area (Å²) in [5, 5.41) is 14.3. The Morgan fingerprint density at radius 1 is 0.974 bits per heavy atom. The first-order valence-electron chi connectivity index (χ1n) is 13.0. The standard InChI is InChI=1S/C31H32N6O2/c1-5-31(3,4)37-28(38)19-39-25-8-6-7-22(16-25)29-35-27-14-9-20(2)15-26(27)30(36-29)34-24-12-10-21(11-13-24)23-17-32-33-18-23/h6-18H,5,19H2,1-4H3,(H,32,33)(H,37,38)(H,34,35,36). The van der Waals surface area contributed by atoms with E-state index in [1.54, 1.807) is 6.20 Å². The first-order valence-corrected chi connectivity index (χ1v) is 13.0. The summed E-state index contributed by atoms with van der Waals surface area (Å²) in [6, 6.07) is 21.7. The predicted octanol–water partition coefficient (Wildman–Crippen LogP) is 6.42. The van der Waals surface area contributed by atoms with Gasteiger partial charge >= 0.3 is 0 Å². The monoisotopic (exact) mass is 520 g/mol. The third-order valence-electron chi connectivity index (χ3n) is 6.65. The van der Waals surface area contributed by atoms with Gasteiger partial charge in [0.25, 0.3) is 5.91 Å². The minimum Gasteiger partial charge on any atom is -0.484 e. The van der Waals surface area contributed by atoms with Crippen LogP contribution in [-0.2, 0) is 4.79 Å². The number of benzene rings is 3. The third-order valence-corrected chi connectivity index (χ3v) is 6.65. The Bertz CT molecular complexity index is 1590. The van der Waals surface area contributed by atoms with Crippen LogP contribution in [0, 0.1) is 6.92 Å².